The Balaban J connectivity index is 2.10. The molecule has 1 amide bonds. The SMILES string of the molecule is O=C(O)[C@@H]1CN(C(=O)CCC(F)(F)F)C[C@H]1c1ccc(F)cc1. The number of hydrogen-bond acceptors (Lipinski definition) is 2. The molecule has 0 radical (unpaired) electrons. The summed E-state index contributed by atoms with van der Waals surface area (Å²) in [5.74, 6) is -3.82. The molecule has 0 saturated carbocycles. The molecule has 0 bridgehead atoms. The molecule has 23 heavy (non-hydrogen) atoms. The van der Waals surface area contributed by atoms with E-state index >= 15 is 0 Å². The number of aliphatic carboxylic acids is 1. The van der Waals surface area contributed by atoms with Crippen molar-refractivity contribution in [2.24, 2.45) is 5.92 Å². The second-order valence-electron chi connectivity index (χ2n) is 5.52. The van der Waals surface area contributed by atoms with Crippen molar-refractivity contribution in [3.05, 3.63) is 35.6 Å². The molecule has 126 valence electrons. The van der Waals surface area contributed by atoms with E-state index in [1.807, 2.05) is 0 Å². The molecule has 1 saturated heterocycles. The normalized spacial score (nSPS) is 21.5. The van der Waals surface area contributed by atoms with E-state index in [9.17, 15) is 32.3 Å². The highest BCUT2D eigenvalue weighted by molar-refractivity contribution is 5.79. The highest BCUT2D eigenvalue weighted by atomic mass is 19.4. The van der Waals surface area contributed by atoms with Gasteiger partial charge < -0.3 is 10.0 Å². The number of hydrogen-bond donors (Lipinski definition) is 1. The van der Waals surface area contributed by atoms with Gasteiger partial charge in [-0.15, -0.1) is 0 Å². The molecule has 0 spiro atoms. The van der Waals surface area contributed by atoms with Crippen molar-refractivity contribution in [1.29, 1.82) is 0 Å². The number of benzene rings is 1. The third-order valence-electron chi connectivity index (χ3n) is 3.91. The zero-order valence-electron chi connectivity index (χ0n) is 12.0. The Labute approximate surface area is 129 Å². The van der Waals surface area contributed by atoms with Crippen molar-refractivity contribution in [2.45, 2.75) is 24.9 Å². The Bertz CT molecular complexity index is 585. The minimum absolute atomic E-state index is 0.0132. The smallest absolute Gasteiger partial charge is 0.389 e. The number of carbonyl (C=O) groups is 2. The zero-order chi connectivity index (χ0) is 17.2. The van der Waals surface area contributed by atoms with Crippen molar-refractivity contribution in [2.75, 3.05) is 13.1 Å². The van der Waals surface area contributed by atoms with Crippen LogP contribution in [0.1, 0.15) is 24.3 Å². The van der Waals surface area contributed by atoms with Gasteiger partial charge in [-0.1, -0.05) is 12.1 Å². The summed E-state index contributed by atoms with van der Waals surface area (Å²) in [4.78, 5) is 24.3. The summed E-state index contributed by atoms with van der Waals surface area (Å²) < 4.78 is 49.5. The van der Waals surface area contributed by atoms with Crippen molar-refractivity contribution in [3.8, 4) is 0 Å². The molecule has 1 aromatic rings. The fourth-order valence-electron chi connectivity index (χ4n) is 2.71. The molecule has 1 N–H and O–H groups in total. The largest absolute Gasteiger partial charge is 0.481 e. The first kappa shape index (κ1) is 17.2. The van der Waals surface area contributed by atoms with Gasteiger partial charge in [0.05, 0.1) is 12.3 Å². The summed E-state index contributed by atoms with van der Waals surface area (Å²) >= 11 is 0. The maximum absolute atomic E-state index is 13.0. The van der Waals surface area contributed by atoms with Crippen LogP contribution in [0.15, 0.2) is 24.3 Å². The first-order chi connectivity index (χ1) is 10.7. The number of carboxylic acid groups (broad SMARTS) is 1. The van der Waals surface area contributed by atoms with Gasteiger partial charge in [0.2, 0.25) is 5.91 Å². The van der Waals surface area contributed by atoms with E-state index in [1.165, 1.54) is 24.3 Å². The van der Waals surface area contributed by atoms with Crippen LogP contribution in [0, 0.1) is 11.7 Å². The van der Waals surface area contributed by atoms with Crippen LogP contribution in [-0.4, -0.2) is 41.1 Å². The minimum atomic E-state index is -4.43. The molecule has 1 fully saturated rings. The highest BCUT2D eigenvalue weighted by Gasteiger charge is 2.41. The Kier molecular flexibility index (Phi) is 4.91. The van der Waals surface area contributed by atoms with Crippen LogP contribution in [-0.2, 0) is 9.59 Å². The molecule has 1 aliphatic rings. The Morgan fingerprint density at radius 2 is 1.78 bits per heavy atom. The number of alkyl halides is 3. The highest BCUT2D eigenvalue weighted by Crippen LogP contribution is 2.34. The number of amides is 1. The van der Waals surface area contributed by atoms with Gasteiger partial charge in [-0.2, -0.15) is 13.2 Å². The summed E-state index contributed by atoms with van der Waals surface area (Å²) in [7, 11) is 0. The number of nitrogens with zero attached hydrogens (tertiary/aromatic N) is 1. The zero-order valence-corrected chi connectivity index (χ0v) is 12.0. The van der Waals surface area contributed by atoms with E-state index in [2.05, 4.69) is 0 Å². The molecule has 4 nitrogen and oxygen atoms in total. The third kappa shape index (κ3) is 4.43. The van der Waals surface area contributed by atoms with Gasteiger partial charge in [0, 0.05) is 25.4 Å². The van der Waals surface area contributed by atoms with Crippen LogP contribution in [0.4, 0.5) is 17.6 Å². The predicted molar refractivity (Wildman–Crippen MR) is 72.1 cm³/mol. The molecule has 1 heterocycles. The lowest BCUT2D eigenvalue weighted by Crippen LogP contribution is -2.30. The Morgan fingerprint density at radius 3 is 2.30 bits per heavy atom. The van der Waals surface area contributed by atoms with E-state index in [0.717, 1.165) is 4.90 Å². The summed E-state index contributed by atoms with van der Waals surface area (Å²) in [6.45, 7) is -0.132. The number of carbonyl (C=O) groups excluding carboxylic acids is 1. The number of carboxylic acids is 1. The molecule has 2 atom stereocenters. The summed E-state index contributed by atoms with van der Waals surface area (Å²) in [5, 5.41) is 9.27. The Hall–Kier alpha value is -2.12. The van der Waals surface area contributed by atoms with Crippen molar-refractivity contribution < 1.29 is 32.3 Å². The second-order valence-corrected chi connectivity index (χ2v) is 5.52. The van der Waals surface area contributed by atoms with Crippen molar-refractivity contribution in [3.63, 3.8) is 0 Å². The monoisotopic (exact) mass is 333 g/mol. The molecule has 1 aromatic carbocycles. The van der Waals surface area contributed by atoms with Gasteiger partial charge in [-0.05, 0) is 17.7 Å². The topological polar surface area (TPSA) is 57.6 Å². The standard InChI is InChI=1S/C15H15F4NO3/c16-10-3-1-9(2-4-10)11-7-20(8-12(11)14(22)23)13(21)5-6-15(17,18)19/h1-4,11-12H,5-8H2,(H,22,23)/t11-,12+/m0/s1. The molecule has 2 rings (SSSR count). The van der Waals surface area contributed by atoms with Gasteiger partial charge >= 0.3 is 12.1 Å². The van der Waals surface area contributed by atoms with Crippen LogP contribution in [0.3, 0.4) is 0 Å². The van der Waals surface area contributed by atoms with Crippen LogP contribution in [0.5, 0.6) is 0 Å². The van der Waals surface area contributed by atoms with Crippen LogP contribution >= 0.6 is 0 Å². The molecule has 0 aromatic heterocycles. The van der Waals surface area contributed by atoms with E-state index < -0.39 is 48.5 Å². The number of rotatable bonds is 4. The van der Waals surface area contributed by atoms with E-state index in [0.29, 0.717) is 5.56 Å². The average Bonchev–Trinajstić information content (AvgIpc) is 2.90. The summed E-state index contributed by atoms with van der Waals surface area (Å²) in [5.41, 5.74) is 0.546. The van der Waals surface area contributed by atoms with Crippen molar-refractivity contribution in [1.82, 2.24) is 4.90 Å². The number of likely N-dealkylation sites (tertiary alicyclic amines) is 1. The van der Waals surface area contributed by atoms with Crippen molar-refractivity contribution >= 4 is 11.9 Å². The van der Waals surface area contributed by atoms with Gasteiger partial charge in [0.1, 0.15) is 5.82 Å². The molecule has 8 heteroatoms. The summed E-state index contributed by atoms with van der Waals surface area (Å²) in [6.07, 6.45) is -6.37. The van der Waals surface area contributed by atoms with Crippen LogP contribution in [0.25, 0.3) is 0 Å². The lowest BCUT2D eigenvalue weighted by Gasteiger charge is -2.17. The van der Waals surface area contributed by atoms with E-state index in [1.54, 1.807) is 0 Å². The average molecular weight is 333 g/mol. The molecule has 0 aliphatic carbocycles. The second kappa shape index (κ2) is 6.55. The van der Waals surface area contributed by atoms with Gasteiger partial charge in [-0.25, -0.2) is 4.39 Å². The molecular weight excluding hydrogens is 318 g/mol. The first-order valence-corrected chi connectivity index (χ1v) is 7.00. The fourth-order valence-corrected chi connectivity index (χ4v) is 2.71. The molecule has 0 unspecified atom stereocenters. The van der Waals surface area contributed by atoms with E-state index in [-0.39, 0.29) is 13.1 Å². The first-order valence-electron chi connectivity index (χ1n) is 7.00. The fraction of sp³-hybridized carbons (Fsp3) is 0.467. The quantitative estimate of drug-likeness (QED) is 0.862. The molecule has 1 aliphatic heterocycles. The van der Waals surface area contributed by atoms with Crippen LogP contribution in [0.2, 0.25) is 0 Å². The van der Waals surface area contributed by atoms with Gasteiger partial charge in [0.15, 0.2) is 0 Å². The lowest BCUT2D eigenvalue weighted by molar-refractivity contribution is -0.149. The maximum Gasteiger partial charge on any atom is 0.389 e. The van der Waals surface area contributed by atoms with E-state index in [4.69, 9.17) is 0 Å². The lowest BCUT2D eigenvalue weighted by atomic mass is 9.89. The van der Waals surface area contributed by atoms with Gasteiger partial charge in [0.25, 0.3) is 0 Å². The van der Waals surface area contributed by atoms with Gasteiger partial charge in [-0.3, -0.25) is 9.59 Å². The predicted octanol–water partition coefficient (Wildman–Crippen LogP) is 2.79. The molecular formula is C15H15F4NO3. The maximum atomic E-state index is 13.0. The summed E-state index contributed by atoms with van der Waals surface area (Å²) in [6, 6.07) is 5.23. The third-order valence-corrected chi connectivity index (χ3v) is 3.91. The van der Waals surface area contributed by atoms with Crippen LogP contribution < -0.4 is 0 Å². The Morgan fingerprint density at radius 1 is 1.17 bits per heavy atom. The minimum Gasteiger partial charge on any atom is -0.481 e. The number of halogens is 4.